The summed E-state index contributed by atoms with van der Waals surface area (Å²) in [6.45, 7) is 2.74. The van der Waals surface area contributed by atoms with Gasteiger partial charge in [0.25, 0.3) is 0 Å². The predicted molar refractivity (Wildman–Crippen MR) is 146 cm³/mol. The smallest absolute Gasteiger partial charge is 0.363 e. The van der Waals surface area contributed by atoms with Crippen molar-refractivity contribution in [2.24, 2.45) is 4.99 Å². The Balaban J connectivity index is 1.62. The molecule has 0 radical (unpaired) electrons. The minimum atomic E-state index is -0.553. The topological polar surface area (TPSA) is 57.1 Å². The molecule has 0 atom stereocenters. The highest BCUT2D eigenvalue weighted by molar-refractivity contribution is 14.1. The molecular formula is C25H17BrCl2INO4. The molecule has 0 N–H and O–H groups in total. The van der Waals surface area contributed by atoms with Gasteiger partial charge >= 0.3 is 5.97 Å². The largest absolute Gasteiger partial charge is 0.490 e. The summed E-state index contributed by atoms with van der Waals surface area (Å²) >= 11 is 17.8. The second-order valence-corrected chi connectivity index (χ2v) is 9.94. The molecule has 1 aliphatic rings. The second kappa shape index (κ2) is 11.1. The molecule has 4 rings (SSSR count). The molecule has 1 aliphatic heterocycles. The Morgan fingerprint density at radius 2 is 1.88 bits per heavy atom. The first-order valence-corrected chi connectivity index (χ1v) is 12.8. The fourth-order valence-electron chi connectivity index (χ4n) is 3.16. The SMILES string of the molecule is CCOc1cc(/C=C2\N=C(c3ccc(Cl)c(Cl)c3)OC2=O)cc(I)c1OCc1ccccc1Br. The number of carbonyl (C=O) groups is 1. The molecule has 0 aliphatic carbocycles. The fourth-order valence-corrected chi connectivity index (χ4v) is 4.64. The van der Waals surface area contributed by atoms with Crippen LogP contribution in [0.1, 0.15) is 23.6 Å². The van der Waals surface area contributed by atoms with E-state index in [1.807, 2.05) is 43.3 Å². The predicted octanol–water partition coefficient (Wildman–Crippen LogP) is 7.68. The first kappa shape index (κ1) is 25.0. The summed E-state index contributed by atoms with van der Waals surface area (Å²) in [6.07, 6.45) is 1.65. The van der Waals surface area contributed by atoms with Crippen molar-refractivity contribution < 1.29 is 19.0 Å². The van der Waals surface area contributed by atoms with E-state index in [0.29, 0.717) is 40.3 Å². The minimum Gasteiger partial charge on any atom is -0.490 e. The van der Waals surface area contributed by atoms with E-state index in [1.54, 1.807) is 24.3 Å². The molecule has 0 unspecified atom stereocenters. The highest BCUT2D eigenvalue weighted by Crippen LogP contribution is 2.36. The van der Waals surface area contributed by atoms with Gasteiger partial charge in [-0.1, -0.05) is 57.3 Å². The number of nitrogens with zero attached hydrogens (tertiary/aromatic N) is 1. The van der Waals surface area contributed by atoms with Gasteiger partial charge < -0.3 is 14.2 Å². The van der Waals surface area contributed by atoms with Crippen LogP contribution in [-0.2, 0) is 16.1 Å². The fraction of sp³-hybridized carbons (Fsp3) is 0.120. The number of esters is 1. The van der Waals surface area contributed by atoms with E-state index in [9.17, 15) is 4.79 Å². The van der Waals surface area contributed by atoms with Gasteiger partial charge in [-0.3, -0.25) is 0 Å². The van der Waals surface area contributed by atoms with Crippen LogP contribution in [0.25, 0.3) is 6.08 Å². The number of hydrogen-bond donors (Lipinski definition) is 0. The maximum Gasteiger partial charge on any atom is 0.363 e. The summed E-state index contributed by atoms with van der Waals surface area (Å²) in [6, 6.07) is 16.5. The highest BCUT2D eigenvalue weighted by Gasteiger charge is 2.25. The zero-order chi connectivity index (χ0) is 24.2. The first-order valence-electron chi connectivity index (χ1n) is 10.2. The zero-order valence-corrected chi connectivity index (χ0v) is 23.0. The van der Waals surface area contributed by atoms with Gasteiger partial charge in [0.05, 0.1) is 20.2 Å². The van der Waals surface area contributed by atoms with Crippen LogP contribution in [0.4, 0.5) is 0 Å². The van der Waals surface area contributed by atoms with Crippen molar-refractivity contribution in [2.75, 3.05) is 6.61 Å². The number of aliphatic imine (C=N–C) groups is 1. The summed E-state index contributed by atoms with van der Waals surface area (Å²) in [5, 5.41) is 0.760. The summed E-state index contributed by atoms with van der Waals surface area (Å²) in [5.41, 5.74) is 2.48. The molecule has 0 fully saturated rings. The summed E-state index contributed by atoms with van der Waals surface area (Å²) in [5.74, 6) is 0.828. The molecule has 3 aromatic rings. The van der Waals surface area contributed by atoms with Crippen LogP contribution in [0.3, 0.4) is 0 Å². The molecule has 34 heavy (non-hydrogen) atoms. The van der Waals surface area contributed by atoms with E-state index in [4.69, 9.17) is 37.4 Å². The van der Waals surface area contributed by atoms with Crippen molar-refractivity contribution >= 4 is 79.7 Å². The number of ether oxygens (including phenoxy) is 3. The van der Waals surface area contributed by atoms with Gasteiger partial charge in [0.15, 0.2) is 17.2 Å². The molecule has 0 saturated heterocycles. The van der Waals surface area contributed by atoms with Crippen molar-refractivity contribution in [1.82, 2.24) is 0 Å². The van der Waals surface area contributed by atoms with E-state index < -0.39 is 5.97 Å². The Morgan fingerprint density at radius 3 is 2.62 bits per heavy atom. The molecular weight excluding hydrogens is 656 g/mol. The van der Waals surface area contributed by atoms with Crippen LogP contribution >= 0.6 is 61.7 Å². The average Bonchev–Trinajstić information content (AvgIpc) is 3.16. The van der Waals surface area contributed by atoms with Gasteiger partial charge in [-0.25, -0.2) is 9.79 Å². The molecule has 0 bridgehead atoms. The molecule has 3 aromatic carbocycles. The monoisotopic (exact) mass is 671 g/mol. The molecule has 0 saturated carbocycles. The summed E-state index contributed by atoms with van der Waals surface area (Å²) < 4.78 is 19.1. The first-order chi connectivity index (χ1) is 16.4. The standard InChI is InChI=1S/C25H17BrCl2INO4/c1-2-32-22-11-14(9-20(29)23(22)33-13-16-5-3-4-6-17(16)26)10-21-25(31)34-24(30-21)15-7-8-18(27)19(28)12-15/h3-12H,2,13H2,1H3/b21-10-. The summed E-state index contributed by atoms with van der Waals surface area (Å²) in [4.78, 5) is 16.8. The third-order valence-electron chi connectivity index (χ3n) is 4.75. The third kappa shape index (κ3) is 5.76. The average molecular weight is 673 g/mol. The third-order valence-corrected chi connectivity index (χ3v) is 7.07. The number of halogens is 4. The van der Waals surface area contributed by atoms with Crippen LogP contribution < -0.4 is 9.47 Å². The molecule has 1 heterocycles. The van der Waals surface area contributed by atoms with Gasteiger partial charge in [0, 0.05) is 15.6 Å². The van der Waals surface area contributed by atoms with Crippen LogP contribution in [0.5, 0.6) is 11.5 Å². The Kier molecular flexibility index (Phi) is 8.18. The van der Waals surface area contributed by atoms with E-state index in [-0.39, 0.29) is 11.6 Å². The lowest BCUT2D eigenvalue weighted by Crippen LogP contribution is -2.05. The quantitative estimate of drug-likeness (QED) is 0.147. The number of carbonyl (C=O) groups excluding carboxylic acids is 1. The van der Waals surface area contributed by atoms with Crippen molar-refractivity contribution in [3.05, 3.63) is 95.1 Å². The Bertz CT molecular complexity index is 1330. The van der Waals surface area contributed by atoms with Crippen molar-refractivity contribution in [2.45, 2.75) is 13.5 Å². The van der Waals surface area contributed by atoms with E-state index in [2.05, 4.69) is 43.5 Å². The molecule has 0 spiro atoms. The lowest BCUT2D eigenvalue weighted by Gasteiger charge is -2.15. The molecule has 9 heteroatoms. The van der Waals surface area contributed by atoms with Crippen molar-refractivity contribution in [3.63, 3.8) is 0 Å². The minimum absolute atomic E-state index is 0.168. The van der Waals surface area contributed by atoms with Crippen LogP contribution in [-0.4, -0.2) is 18.5 Å². The molecule has 5 nitrogen and oxygen atoms in total. The number of rotatable bonds is 7. The maximum absolute atomic E-state index is 12.4. The van der Waals surface area contributed by atoms with Crippen molar-refractivity contribution in [1.29, 1.82) is 0 Å². The van der Waals surface area contributed by atoms with Gasteiger partial charge in [-0.15, -0.1) is 0 Å². The van der Waals surface area contributed by atoms with E-state index in [1.165, 1.54) is 0 Å². The molecule has 174 valence electrons. The van der Waals surface area contributed by atoms with Crippen LogP contribution in [0.2, 0.25) is 10.0 Å². The lowest BCUT2D eigenvalue weighted by atomic mass is 10.1. The Labute approximate surface area is 229 Å². The maximum atomic E-state index is 12.4. The lowest BCUT2D eigenvalue weighted by molar-refractivity contribution is -0.129. The molecule has 0 aromatic heterocycles. The number of hydrogen-bond acceptors (Lipinski definition) is 5. The van der Waals surface area contributed by atoms with Gasteiger partial charge in [0.1, 0.15) is 6.61 Å². The van der Waals surface area contributed by atoms with Gasteiger partial charge in [0.2, 0.25) is 5.90 Å². The van der Waals surface area contributed by atoms with Crippen molar-refractivity contribution in [3.8, 4) is 11.5 Å². The van der Waals surface area contributed by atoms with E-state index in [0.717, 1.165) is 19.2 Å². The van der Waals surface area contributed by atoms with E-state index >= 15 is 0 Å². The molecule has 0 amide bonds. The number of cyclic esters (lactones) is 1. The van der Waals surface area contributed by atoms with Crippen LogP contribution in [0, 0.1) is 3.57 Å². The Morgan fingerprint density at radius 1 is 1.09 bits per heavy atom. The second-order valence-electron chi connectivity index (χ2n) is 7.11. The van der Waals surface area contributed by atoms with Crippen LogP contribution in [0.15, 0.2) is 69.8 Å². The number of benzene rings is 3. The van der Waals surface area contributed by atoms with Gasteiger partial charge in [-0.2, -0.15) is 0 Å². The normalized spacial score (nSPS) is 14.2. The zero-order valence-electron chi connectivity index (χ0n) is 17.8. The Hall–Kier alpha value is -2.07. The van der Waals surface area contributed by atoms with Gasteiger partial charge in [-0.05, 0) is 77.6 Å². The summed E-state index contributed by atoms with van der Waals surface area (Å²) in [7, 11) is 0. The highest BCUT2D eigenvalue weighted by atomic mass is 127.